The third kappa shape index (κ3) is 4.31. The van der Waals surface area contributed by atoms with E-state index in [9.17, 15) is 0 Å². The number of allylic oxidation sites excluding steroid dienone is 1. The Hall–Kier alpha value is -5.35. The molecular formula is C43H37N3O+2. The van der Waals surface area contributed by atoms with Gasteiger partial charge in [0.25, 0.3) is 0 Å². The fourth-order valence-electron chi connectivity index (χ4n) is 8.35. The monoisotopic (exact) mass is 611 g/mol. The van der Waals surface area contributed by atoms with Crippen LogP contribution >= 0.6 is 0 Å². The predicted molar refractivity (Wildman–Crippen MR) is 189 cm³/mol. The SMILES string of the molecule is C=C1CC2c3ccccc3-c3cccc[n+]3C2CCc2ccc3c(oc4nc(-c5c(C)cccc5C)ccc43)c2-c2cc(C)cc[n+]21. The van der Waals surface area contributed by atoms with Crippen molar-refractivity contribution in [1.29, 1.82) is 0 Å². The van der Waals surface area contributed by atoms with E-state index in [4.69, 9.17) is 16.0 Å². The summed E-state index contributed by atoms with van der Waals surface area (Å²) >= 11 is 0. The zero-order valence-corrected chi connectivity index (χ0v) is 27.1. The van der Waals surface area contributed by atoms with E-state index >= 15 is 0 Å². The Bertz CT molecular complexity index is 2400. The van der Waals surface area contributed by atoms with E-state index in [1.54, 1.807) is 0 Å². The summed E-state index contributed by atoms with van der Waals surface area (Å²) in [5.41, 5.74) is 16.0. The van der Waals surface area contributed by atoms with Gasteiger partial charge in [0.15, 0.2) is 29.7 Å². The molecule has 2 unspecified atom stereocenters. The fraction of sp³-hybridized carbons (Fsp3) is 0.186. The van der Waals surface area contributed by atoms with E-state index < -0.39 is 0 Å². The highest BCUT2D eigenvalue weighted by molar-refractivity contribution is 6.09. The van der Waals surface area contributed by atoms with Crippen LogP contribution in [-0.4, -0.2) is 4.98 Å². The molecule has 7 aromatic rings. The van der Waals surface area contributed by atoms with E-state index in [2.05, 4.69) is 139 Å². The standard InChI is InChI=1S/C43H37N3O/c1-26-21-23-45-29(4)25-35-31-12-5-6-13-32(31)37-14-7-8-22-46(37)38(35)20-16-30-15-17-33-34-18-19-36(40-27(2)10-9-11-28(40)3)44-43(34)47-42(33)41(30)39(45)24-26/h5-15,17-19,21-24,35,38H,4,16,20,25H2,1-3H3/q+2. The Kier molecular flexibility index (Phi) is 6.30. The van der Waals surface area contributed by atoms with Crippen LogP contribution < -0.4 is 9.13 Å². The number of benzene rings is 3. The molecule has 0 spiro atoms. The molecule has 6 heterocycles. The molecule has 4 nitrogen and oxygen atoms in total. The van der Waals surface area contributed by atoms with Crippen LogP contribution in [0.1, 0.15) is 52.6 Å². The van der Waals surface area contributed by atoms with E-state index in [1.165, 1.54) is 44.6 Å². The van der Waals surface area contributed by atoms with Gasteiger partial charge in [0, 0.05) is 59.0 Å². The predicted octanol–water partition coefficient (Wildman–Crippen LogP) is 9.63. The van der Waals surface area contributed by atoms with Crippen LogP contribution in [0, 0.1) is 20.8 Å². The zero-order chi connectivity index (χ0) is 31.8. The number of aromatic nitrogens is 3. The summed E-state index contributed by atoms with van der Waals surface area (Å²) in [6.45, 7) is 11.2. The van der Waals surface area contributed by atoms with Crippen molar-refractivity contribution in [3.63, 3.8) is 0 Å². The third-order valence-corrected chi connectivity index (χ3v) is 10.6. The van der Waals surface area contributed by atoms with Crippen molar-refractivity contribution >= 4 is 27.8 Å². The van der Waals surface area contributed by atoms with Crippen molar-refractivity contribution < 1.29 is 13.6 Å². The molecular weight excluding hydrogens is 574 g/mol. The molecule has 0 saturated heterocycles. The molecule has 2 aliphatic heterocycles. The topological polar surface area (TPSA) is 33.8 Å². The quantitative estimate of drug-likeness (QED) is 0.173. The second-order valence-electron chi connectivity index (χ2n) is 13.4. The summed E-state index contributed by atoms with van der Waals surface area (Å²) < 4.78 is 11.7. The summed E-state index contributed by atoms with van der Waals surface area (Å²) in [7, 11) is 0. The Balaban J connectivity index is 1.26. The minimum absolute atomic E-state index is 0.297. The van der Waals surface area contributed by atoms with Crippen molar-refractivity contribution in [2.75, 3.05) is 0 Å². The lowest BCUT2D eigenvalue weighted by molar-refractivity contribution is -0.719. The van der Waals surface area contributed by atoms with Gasteiger partial charge in [-0.1, -0.05) is 48.5 Å². The molecule has 0 bridgehead atoms. The minimum Gasteiger partial charge on any atom is -0.437 e. The van der Waals surface area contributed by atoms with Crippen LogP contribution in [0.25, 0.3) is 61.5 Å². The van der Waals surface area contributed by atoms with E-state index in [-0.39, 0.29) is 0 Å². The molecule has 47 heavy (non-hydrogen) atoms. The number of nitrogens with zero attached hydrogens (tertiary/aromatic N) is 3. The van der Waals surface area contributed by atoms with Gasteiger partial charge < -0.3 is 4.42 Å². The molecule has 9 rings (SSSR count). The molecule has 3 aromatic carbocycles. The lowest BCUT2D eigenvalue weighted by Gasteiger charge is -2.31. The summed E-state index contributed by atoms with van der Waals surface area (Å²) in [6, 6.07) is 35.6. The Morgan fingerprint density at radius 1 is 0.766 bits per heavy atom. The summed E-state index contributed by atoms with van der Waals surface area (Å²) in [5.74, 6) is 0.309. The first-order chi connectivity index (χ1) is 23.0. The maximum Gasteiger partial charge on any atom is 0.227 e. The van der Waals surface area contributed by atoms with Crippen LogP contribution in [-0.2, 0) is 6.42 Å². The summed E-state index contributed by atoms with van der Waals surface area (Å²) in [5, 5.41) is 2.14. The Morgan fingerprint density at radius 2 is 1.57 bits per heavy atom. The number of pyridine rings is 3. The molecule has 0 N–H and O–H groups in total. The van der Waals surface area contributed by atoms with Crippen LogP contribution in [0.4, 0.5) is 0 Å². The summed E-state index contributed by atoms with van der Waals surface area (Å²) in [6.07, 6.45) is 7.25. The molecule has 0 amide bonds. The first-order valence-electron chi connectivity index (χ1n) is 16.7. The van der Waals surface area contributed by atoms with Crippen LogP contribution in [0.2, 0.25) is 0 Å². The second-order valence-corrected chi connectivity index (χ2v) is 13.4. The molecule has 2 atom stereocenters. The van der Waals surface area contributed by atoms with E-state index in [0.717, 1.165) is 58.3 Å². The normalized spacial score (nSPS) is 17.0. The molecule has 228 valence electrons. The van der Waals surface area contributed by atoms with Gasteiger partial charge in [0.1, 0.15) is 0 Å². The van der Waals surface area contributed by atoms with Crippen molar-refractivity contribution in [3.8, 4) is 33.8 Å². The molecule has 4 aromatic heterocycles. The molecule has 4 heteroatoms. The van der Waals surface area contributed by atoms with Crippen LogP contribution in [0.15, 0.2) is 120 Å². The number of hydrogen-bond donors (Lipinski definition) is 0. The second kappa shape index (κ2) is 10.6. The van der Waals surface area contributed by atoms with Crippen LogP contribution in [0.5, 0.6) is 0 Å². The Labute approximate surface area is 275 Å². The summed E-state index contributed by atoms with van der Waals surface area (Å²) in [4.78, 5) is 5.12. The molecule has 0 fully saturated rings. The molecule has 0 radical (unpaired) electrons. The highest BCUT2D eigenvalue weighted by Crippen LogP contribution is 2.45. The highest BCUT2D eigenvalue weighted by atomic mass is 16.3. The first kappa shape index (κ1) is 27.9. The zero-order valence-electron chi connectivity index (χ0n) is 27.1. The maximum absolute atomic E-state index is 6.84. The molecule has 0 aliphatic carbocycles. The van der Waals surface area contributed by atoms with Crippen LogP contribution in [0.3, 0.4) is 0 Å². The van der Waals surface area contributed by atoms with Gasteiger partial charge in [-0.05, 0) is 85.9 Å². The van der Waals surface area contributed by atoms with Gasteiger partial charge in [0.2, 0.25) is 17.1 Å². The largest absolute Gasteiger partial charge is 0.437 e. The smallest absolute Gasteiger partial charge is 0.227 e. The van der Waals surface area contributed by atoms with Gasteiger partial charge in [-0.25, -0.2) is 4.98 Å². The lowest BCUT2D eigenvalue weighted by atomic mass is 9.77. The molecule has 2 aliphatic rings. The van der Waals surface area contributed by atoms with Gasteiger partial charge in [0.05, 0.1) is 17.2 Å². The number of rotatable bonds is 1. The Morgan fingerprint density at radius 3 is 2.45 bits per heavy atom. The van der Waals surface area contributed by atoms with Gasteiger partial charge in [-0.2, -0.15) is 9.13 Å². The lowest BCUT2D eigenvalue weighted by Crippen LogP contribution is -2.48. The van der Waals surface area contributed by atoms with Gasteiger partial charge >= 0.3 is 0 Å². The van der Waals surface area contributed by atoms with Crippen molar-refractivity contribution in [1.82, 2.24) is 4.98 Å². The third-order valence-electron chi connectivity index (χ3n) is 10.6. The maximum atomic E-state index is 6.84. The fourth-order valence-corrected chi connectivity index (χ4v) is 8.35. The van der Waals surface area contributed by atoms with Crippen molar-refractivity contribution in [2.45, 2.75) is 52.0 Å². The average Bonchev–Trinajstić information content (AvgIpc) is 3.45. The first-order valence-corrected chi connectivity index (χ1v) is 16.7. The average molecular weight is 612 g/mol. The van der Waals surface area contributed by atoms with E-state index in [0.29, 0.717) is 17.7 Å². The number of aryl methyl sites for hydroxylation is 4. The highest BCUT2D eigenvalue weighted by Gasteiger charge is 2.42. The van der Waals surface area contributed by atoms with Crippen molar-refractivity contribution in [3.05, 3.63) is 144 Å². The van der Waals surface area contributed by atoms with E-state index in [1.807, 2.05) is 0 Å². The number of fused-ring (bicyclic) bond motifs is 13. The van der Waals surface area contributed by atoms with Gasteiger partial charge in [-0.3, -0.25) is 0 Å². The minimum atomic E-state index is 0.297. The van der Waals surface area contributed by atoms with Crippen molar-refractivity contribution in [2.24, 2.45) is 0 Å². The van der Waals surface area contributed by atoms with Gasteiger partial charge in [-0.15, -0.1) is 0 Å². The number of hydrogen-bond acceptors (Lipinski definition) is 2. The number of furan rings is 1. The molecule has 0 saturated carbocycles.